The molecule has 3 amide bonds. The Hall–Kier alpha value is -3.60. The number of anilines is 1. The fourth-order valence-corrected chi connectivity index (χ4v) is 3.89. The van der Waals surface area contributed by atoms with Gasteiger partial charge in [-0.25, -0.2) is 0 Å². The Morgan fingerprint density at radius 3 is 2.45 bits per heavy atom. The molecular formula is C27H40N4O7. The fourth-order valence-electron chi connectivity index (χ4n) is 3.89. The van der Waals surface area contributed by atoms with Crippen molar-refractivity contribution in [2.24, 2.45) is 0 Å². The maximum absolute atomic E-state index is 13.7. The molecule has 1 aromatic carbocycles. The van der Waals surface area contributed by atoms with Crippen LogP contribution in [0.4, 0.5) is 5.82 Å². The number of aromatic nitrogens is 1. The number of carbonyl (C=O) groups is 3. The average molecular weight is 533 g/mol. The van der Waals surface area contributed by atoms with E-state index in [1.54, 1.807) is 31.2 Å². The summed E-state index contributed by atoms with van der Waals surface area (Å²) in [4.78, 5) is 41.3. The van der Waals surface area contributed by atoms with E-state index >= 15 is 0 Å². The number of nitrogens with zero attached hydrogens (tertiary/aromatic N) is 2. The predicted octanol–water partition coefficient (Wildman–Crippen LogP) is 3.63. The van der Waals surface area contributed by atoms with Crippen molar-refractivity contribution in [2.75, 3.05) is 39.3 Å². The first-order valence-electron chi connectivity index (χ1n) is 12.6. The maximum atomic E-state index is 13.7. The molecule has 1 aromatic heterocycles. The molecule has 210 valence electrons. The largest absolute Gasteiger partial charge is 0.493 e. The molecule has 0 saturated carbocycles. The van der Waals surface area contributed by atoms with Crippen LogP contribution in [-0.4, -0.2) is 67.3 Å². The third kappa shape index (κ3) is 9.05. The summed E-state index contributed by atoms with van der Waals surface area (Å²) in [7, 11) is 2.99. The Morgan fingerprint density at radius 2 is 1.87 bits per heavy atom. The standard InChI is InChI=1S/C27H40N4O7/c1-8-37-16-10-15-31(23(33)14-13-22(32)28-21-17-18(2)38-30-21)24(26(34)29-27(3,4)5)19-11-9-12-20(35-6)25(19)36-7/h9,11-12,17,24H,8,10,13-16H2,1-7H3,(H,29,34)(H,28,30,32)/t24-/m0/s1. The van der Waals surface area contributed by atoms with E-state index in [1.807, 2.05) is 27.7 Å². The highest BCUT2D eigenvalue weighted by Crippen LogP contribution is 2.38. The van der Waals surface area contributed by atoms with Crippen LogP contribution in [0.2, 0.25) is 0 Å². The molecule has 11 nitrogen and oxygen atoms in total. The number of para-hydroxylation sites is 1. The first-order chi connectivity index (χ1) is 18.0. The number of carbonyl (C=O) groups excluding carboxylic acids is 3. The Morgan fingerprint density at radius 1 is 1.13 bits per heavy atom. The number of nitrogens with one attached hydrogen (secondary N) is 2. The Bertz CT molecular complexity index is 1080. The van der Waals surface area contributed by atoms with Gasteiger partial charge in [-0.1, -0.05) is 17.3 Å². The summed E-state index contributed by atoms with van der Waals surface area (Å²) in [5.74, 6) is 0.473. The number of rotatable bonds is 14. The lowest BCUT2D eigenvalue weighted by molar-refractivity contribution is -0.142. The van der Waals surface area contributed by atoms with Crippen LogP contribution in [0.15, 0.2) is 28.8 Å². The molecule has 11 heteroatoms. The number of hydrogen-bond acceptors (Lipinski definition) is 8. The van der Waals surface area contributed by atoms with Gasteiger partial charge in [-0.2, -0.15) is 0 Å². The third-order valence-corrected chi connectivity index (χ3v) is 5.46. The van der Waals surface area contributed by atoms with Crippen LogP contribution in [-0.2, 0) is 19.1 Å². The average Bonchev–Trinajstić information content (AvgIpc) is 3.26. The Labute approximate surface area is 224 Å². The van der Waals surface area contributed by atoms with Crippen LogP contribution in [0.1, 0.15) is 64.3 Å². The lowest BCUT2D eigenvalue weighted by Gasteiger charge is -2.34. The molecule has 2 rings (SSSR count). The molecule has 0 fully saturated rings. The number of hydrogen-bond donors (Lipinski definition) is 2. The van der Waals surface area contributed by atoms with E-state index in [-0.39, 0.29) is 37.0 Å². The molecule has 0 aliphatic carbocycles. The van der Waals surface area contributed by atoms with Gasteiger partial charge in [0.1, 0.15) is 11.8 Å². The second-order valence-electron chi connectivity index (χ2n) is 9.73. The van der Waals surface area contributed by atoms with Gasteiger partial charge in [0, 0.05) is 49.8 Å². The minimum atomic E-state index is -1.03. The highest BCUT2D eigenvalue weighted by molar-refractivity contribution is 5.94. The van der Waals surface area contributed by atoms with Crippen molar-refractivity contribution in [1.29, 1.82) is 0 Å². The lowest BCUT2D eigenvalue weighted by Crippen LogP contribution is -2.49. The number of benzene rings is 1. The van der Waals surface area contributed by atoms with E-state index in [1.165, 1.54) is 19.1 Å². The third-order valence-electron chi connectivity index (χ3n) is 5.46. The molecule has 0 bridgehead atoms. The molecule has 0 aliphatic rings. The second-order valence-corrected chi connectivity index (χ2v) is 9.73. The highest BCUT2D eigenvalue weighted by Gasteiger charge is 2.35. The molecule has 0 aliphatic heterocycles. The quantitative estimate of drug-likeness (QED) is 0.353. The monoisotopic (exact) mass is 532 g/mol. The van der Waals surface area contributed by atoms with Gasteiger partial charge in [-0.3, -0.25) is 14.4 Å². The van der Waals surface area contributed by atoms with Gasteiger partial charge in [-0.05, 0) is 47.1 Å². The number of methoxy groups -OCH3 is 2. The van der Waals surface area contributed by atoms with Crippen LogP contribution in [0.5, 0.6) is 11.5 Å². The number of amides is 3. The summed E-state index contributed by atoms with van der Waals surface area (Å²) in [5, 5.41) is 9.34. The van der Waals surface area contributed by atoms with Crippen molar-refractivity contribution < 1.29 is 33.1 Å². The molecule has 0 unspecified atom stereocenters. The van der Waals surface area contributed by atoms with Crippen LogP contribution in [0.3, 0.4) is 0 Å². The normalized spacial score (nSPS) is 12.0. The summed E-state index contributed by atoms with van der Waals surface area (Å²) in [5.41, 5.74) is -0.0854. The summed E-state index contributed by atoms with van der Waals surface area (Å²) >= 11 is 0. The number of aryl methyl sites for hydroxylation is 1. The van der Waals surface area contributed by atoms with Gasteiger partial charge in [0.2, 0.25) is 17.7 Å². The van der Waals surface area contributed by atoms with Crippen LogP contribution >= 0.6 is 0 Å². The van der Waals surface area contributed by atoms with E-state index in [4.69, 9.17) is 18.7 Å². The first-order valence-corrected chi connectivity index (χ1v) is 12.6. The SMILES string of the molecule is CCOCCCN(C(=O)CCC(=O)Nc1cc(C)on1)[C@H](C(=O)NC(C)(C)C)c1cccc(OC)c1OC. The zero-order valence-electron chi connectivity index (χ0n) is 23.4. The Kier molecular flexibility index (Phi) is 11.6. The van der Waals surface area contributed by atoms with E-state index in [0.717, 1.165) is 0 Å². The van der Waals surface area contributed by atoms with Crippen molar-refractivity contribution >= 4 is 23.5 Å². The molecular weight excluding hydrogens is 492 g/mol. The Balaban J connectivity index is 2.40. The molecule has 1 atom stereocenters. The van der Waals surface area contributed by atoms with Crippen molar-refractivity contribution in [2.45, 2.75) is 65.5 Å². The van der Waals surface area contributed by atoms with Gasteiger partial charge in [0.05, 0.1) is 14.2 Å². The number of ether oxygens (including phenoxy) is 3. The fraction of sp³-hybridized carbons (Fsp3) is 0.556. The highest BCUT2D eigenvalue weighted by atomic mass is 16.5. The maximum Gasteiger partial charge on any atom is 0.247 e. The van der Waals surface area contributed by atoms with Gasteiger partial charge in [0.15, 0.2) is 17.3 Å². The molecule has 1 heterocycles. The van der Waals surface area contributed by atoms with Crippen LogP contribution in [0.25, 0.3) is 0 Å². The topological polar surface area (TPSA) is 132 Å². The zero-order valence-corrected chi connectivity index (χ0v) is 23.4. The molecule has 0 radical (unpaired) electrons. The van der Waals surface area contributed by atoms with Crippen LogP contribution < -0.4 is 20.1 Å². The van der Waals surface area contributed by atoms with Gasteiger partial charge < -0.3 is 34.3 Å². The van der Waals surface area contributed by atoms with E-state index < -0.39 is 17.5 Å². The molecule has 0 saturated heterocycles. The summed E-state index contributed by atoms with van der Waals surface area (Å²) in [6.45, 7) is 10.4. The van der Waals surface area contributed by atoms with E-state index in [2.05, 4.69) is 15.8 Å². The lowest BCUT2D eigenvalue weighted by atomic mass is 9.99. The van der Waals surface area contributed by atoms with Gasteiger partial charge in [-0.15, -0.1) is 0 Å². The van der Waals surface area contributed by atoms with Crippen LogP contribution in [0, 0.1) is 6.92 Å². The summed E-state index contributed by atoms with van der Waals surface area (Å²) < 4.78 is 21.5. The minimum Gasteiger partial charge on any atom is -0.493 e. The van der Waals surface area contributed by atoms with Crippen molar-refractivity contribution in [3.8, 4) is 11.5 Å². The zero-order chi connectivity index (χ0) is 28.3. The minimum absolute atomic E-state index is 0.102. The molecule has 0 spiro atoms. The van der Waals surface area contributed by atoms with Crippen molar-refractivity contribution in [3.63, 3.8) is 0 Å². The second kappa shape index (κ2) is 14.4. The predicted molar refractivity (Wildman–Crippen MR) is 142 cm³/mol. The smallest absolute Gasteiger partial charge is 0.247 e. The molecule has 2 aromatic rings. The first kappa shape index (κ1) is 30.6. The van der Waals surface area contributed by atoms with E-state index in [0.29, 0.717) is 42.5 Å². The van der Waals surface area contributed by atoms with Gasteiger partial charge >= 0.3 is 0 Å². The van der Waals surface area contributed by atoms with E-state index in [9.17, 15) is 14.4 Å². The molecule has 2 N–H and O–H groups in total. The summed E-state index contributed by atoms with van der Waals surface area (Å²) in [6.07, 6.45) is 0.272. The van der Waals surface area contributed by atoms with Crippen molar-refractivity contribution in [1.82, 2.24) is 15.4 Å². The molecule has 38 heavy (non-hydrogen) atoms. The van der Waals surface area contributed by atoms with Gasteiger partial charge in [0.25, 0.3) is 0 Å². The summed E-state index contributed by atoms with van der Waals surface area (Å²) in [6, 6.07) is 5.75. The van der Waals surface area contributed by atoms with Crippen molar-refractivity contribution in [3.05, 3.63) is 35.6 Å².